The van der Waals surface area contributed by atoms with Crippen molar-refractivity contribution in [2.75, 3.05) is 31.6 Å². The topological polar surface area (TPSA) is 83.8 Å². The Kier molecular flexibility index (Phi) is 5.87. The van der Waals surface area contributed by atoms with Gasteiger partial charge in [-0.3, -0.25) is 14.9 Å². The first-order valence-corrected chi connectivity index (χ1v) is 8.65. The number of nitrogens with zero attached hydrogens (tertiary/aromatic N) is 1. The molecule has 2 amide bonds. The number of ether oxygens (including phenoxy) is 1. The molecule has 2 N–H and O–H groups in total. The predicted molar refractivity (Wildman–Crippen MR) is 101 cm³/mol. The summed E-state index contributed by atoms with van der Waals surface area (Å²) >= 11 is 11.3. The van der Waals surface area contributed by atoms with E-state index in [-0.39, 0.29) is 16.8 Å². The molecular formula is C17H16ClN3O4S. The smallest absolute Gasteiger partial charge is 0.293 e. The van der Waals surface area contributed by atoms with Crippen molar-refractivity contribution in [1.29, 1.82) is 0 Å². The second kappa shape index (κ2) is 8.31. The minimum absolute atomic E-state index is 0.0456. The standard InChI is InChI=1S/C17H16ClN3O4S/c18-12-4-3-11(16(23)21-5-8-24-9-6-21)10-13(12)19-17(26)20-15(22)14-2-1-7-25-14/h1-4,7,10H,5-6,8-9H2,(H2,19,20,22,26). The first-order valence-electron chi connectivity index (χ1n) is 7.87. The van der Waals surface area contributed by atoms with Crippen molar-refractivity contribution >= 4 is 46.4 Å². The highest BCUT2D eigenvalue weighted by Crippen LogP contribution is 2.24. The monoisotopic (exact) mass is 393 g/mol. The minimum Gasteiger partial charge on any atom is -0.459 e. The quantitative estimate of drug-likeness (QED) is 0.780. The molecule has 0 aliphatic carbocycles. The zero-order valence-corrected chi connectivity index (χ0v) is 15.2. The van der Waals surface area contributed by atoms with Crippen LogP contribution in [0.25, 0.3) is 0 Å². The lowest BCUT2D eigenvalue weighted by atomic mass is 10.1. The third-order valence-electron chi connectivity index (χ3n) is 3.73. The van der Waals surface area contributed by atoms with E-state index in [1.165, 1.54) is 12.3 Å². The number of morpholine rings is 1. The molecule has 0 unspecified atom stereocenters. The number of halogens is 1. The van der Waals surface area contributed by atoms with Gasteiger partial charge < -0.3 is 19.4 Å². The Morgan fingerprint density at radius 3 is 2.65 bits per heavy atom. The van der Waals surface area contributed by atoms with E-state index in [1.807, 2.05) is 0 Å². The third-order valence-corrected chi connectivity index (χ3v) is 4.27. The van der Waals surface area contributed by atoms with Crippen LogP contribution in [0.2, 0.25) is 5.02 Å². The lowest BCUT2D eigenvalue weighted by Gasteiger charge is -2.27. The maximum absolute atomic E-state index is 12.6. The molecule has 1 saturated heterocycles. The highest BCUT2D eigenvalue weighted by molar-refractivity contribution is 7.80. The van der Waals surface area contributed by atoms with E-state index in [4.69, 9.17) is 33.0 Å². The summed E-state index contributed by atoms with van der Waals surface area (Å²) in [7, 11) is 0. The average Bonchev–Trinajstić information content (AvgIpc) is 3.18. The van der Waals surface area contributed by atoms with Gasteiger partial charge in [-0.2, -0.15) is 0 Å². The zero-order chi connectivity index (χ0) is 18.5. The van der Waals surface area contributed by atoms with Crippen molar-refractivity contribution in [2.24, 2.45) is 0 Å². The van der Waals surface area contributed by atoms with Crippen molar-refractivity contribution in [3.05, 3.63) is 52.9 Å². The van der Waals surface area contributed by atoms with Crippen molar-refractivity contribution in [3.63, 3.8) is 0 Å². The number of furan rings is 1. The summed E-state index contributed by atoms with van der Waals surface area (Å²) in [6, 6.07) is 7.98. The molecule has 0 radical (unpaired) electrons. The minimum atomic E-state index is -0.482. The average molecular weight is 394 g/mol. The largest absolute Gasteiger partial charge is 0.459 e. The molecule has 2 heterocycles. The van der Waals surface area contributed by atoms with E-state index in [2.05, 4.69) is 10.6 Å². The molecule has 1 aliphatic heterocycles. The Morgan fingerprint density at radius 2 is 1.96 bits per heavy atom. The van der Waals surface area contributed by atoms with Crippen LogP contribution >= 0.6 is 23.8 Å². The normalized spacial score (nSPS) is 14.0. The van der Waals surface area contributed by atoms with Gasteiger partial charge in [0.1, 0.15) is 0 Å². The number of nitrogens with one attached hydrogen (secondary N) is 2. The second-order valence-corrected chi connectivity index (χ2v) is 6.30. The third kappa shape index (κ3) is 4.40. The Labute approximate surface area is 160 Å². The SMILES string of the molecule is O=C(NC(=S)Nc1cc(C(=O)N2CCOCC2)ccc1Cl)c1ccco1. The van der Waals surface area contributed by atoms with Gasteiger partial charge in [-0.05, 0) is 42.5 Å². The Balaban J connectivity index is 1.68. The summed E-state index contributed by atoms with van der Waals surface area (Å²) < 4.78 is 10.3. The fourth-order valence-corrected chi connectivity index (χ4v) is 2.80. The van der Waals surface area contributed by atoms with E-state index < -0.39 is 5.91 Å². The molecule has 7 nitrogen and oxygen atoms in total. The molecule has 3 rings (SSSR count). The number of anilines is 1. The van der Waals surface area contributed by atoms with Crippen LogP contribution in [0.15, 0.2) is 41.0 Å². The summed E-state index contributed by atoms with van der Waals surface area (Å²) in [4.78, 5) is 26.2. The van der Waals surface area contributed by atoms with Gasteiger partial charge in [-0.15, -0.1) is 0 Å². The zero-order valence-electron chi connectivity index (χ0n) is 13.7. The van der Waals surface area contributed by atoms with Gasteiger partial charge in [0, 0.05) is 18.7 Å². The van der Waals surface area contributed by atoms with Crippen molar-refractivity contribution in [1.82, 2.24) is 10.2 Å². The van der Waals surface area contributed by atoms with Crippen molar-refractivity contribution < 1.29 is 18.7 Å². The van der Waals surface area contributed by atoms with Crippen LogP contribution in [-0.4, -0.2) is 48.1 Å². The van der Waals surface area contributed by atoms with E-state index >= 15 is 0 Å². The van der Waals surface area contributed by atoms with E-state index in [9.17, 15) is 9.59 Å². The molecule has 136 valence electrons. The number of amides is 2. The molecule has 0 atom stereocenters. The molecule has 0 bridgehead atoms. The molecule has 1 aliphatic rings. The molecule has 2 aromatic rings. The van der Waals surface area contributed by atoms with Crippen LogP contribution in [0, 0.1) is 0 Å². The summed E-state index contributed by atoms with van der Waals surface area (Å²) in [6.07, 6.45) is 1.39. The van der Waals surface area contributed by atoms with Gasteiger partial charge in [-0.25, -0.2) is 0 Å². The van der Waals surface area contributed by atoms with Crippen LogP contribution in [0.4, 0.5) is 5.69 Å². The second-order valence-electron chi connectivity index (χ2n) is 5.48. The number of benzene rings is 1. The van der Waals surface area contributed by atoms with Gasteiger partial charge in [0.2, 0.25) is 0 Å². The van der Waals surface area contributed by atoms with Gasteiger partial charge in [0.25, 0.3) is 11.8 Å². The molecule has 1 aromatic heterocycles. The maximum Gasteiger partial charge on any atom is 0.293 e. The number of hydrogen-bond acceptors (Lipinski definition) is 5. The van der Waals surface area contributed by atoms with Crippen molar-refractivity contribution in [3.8, 4) is 0 Å². The Hall–Kier alpha value is -2.42. The molecule has 1 aromatic carbocycles. The van der Waals surface area contributed by atoms with Crippen LogP contribution in [0.5, 0.6) is 0 Å². The summed E-state index contributed by atoms with van der Waals surface area (Å²) in [5, 5.41) is 5.74. The number of carbonyl (C=O) groups excluding carboxylic acids is 2. The van der Waals surface area contributed by atoms with Crippen molar-refractivity contribution in [2.45, 2.75) is 0 Å². The summed E-state index contributed by atoms with van der Waals surface area (Å²) in [5.41, 5.74) is 0.898. The predicted octanol–water partition coefficient (Wildman–Crippen LogP) is 2.53. The summed E-state index contributed by atoms with van der Waals surface area (Å²) in [5.74, 6) is -0.459. The van der Waals surface area contributed by atoms with Gasteiger partial charge in [0.05, 0.1) is 30.2 Å². The van der Waals surface area contributed by atoms with Crippen LogP contribution < -0.4 is 10.6 Å². The number of carbonyl (C=O) groups is 2. The molecule has 1 fully saturated rings. The Morgan fingerprint density at radius 1 is 1.19 bits per heavy atom. The number of thiocarbonyl (C=S) groups is 1. The maximum atomic E-state index is 12.6. The van der Waals surface area contributed by atoms with E-state index in [0.29, 0.717) is 42.6 Å². The van der Waals surface area contributed by atoms with Crippen LogP contribution in [0.1, 0.15) is 20.9 Å². The number of hydrogen-bond donors (Lipinski definition) is 2. The molecule has 26 heavy (non-hydrogen) atoms. The van der Waals surface area contributed by atoms with Crippen LogP contribution in [-0.2, 0) is 4.74 Å². The first-order chi connectivity index (χ1) is 12.5. The Bertz CT molecular complexity index is 819. The lowest BCUT2D eigenvalue weighted by Crippen LogP contribution is -2.40. The van der Waals surface area contributed by atoms with E-state index in [1.54, 1.807) is 29.2 Å². The lowest BCUT2D eigenvalue weighted by molar-refractivity contribution is 0.0303. The van der Waals surface area contributed by atoms with Crippen LogP contribution in [0.3, 0.4) is 0 Å². The number of rotatable bonds is 3. The van der Waals surface area contributed by atoms with Gasteiger partial charge in [-0.1, -0.05) is 11.6 Å². The fraction of sp³-hybridized carbons (Fsp3) is 0.235. The highest BCUT2D eigenvalue weighted by Gasteiger charge is 2.20. The molecule has 9 heteroatoms. The highest BCUT2D eigenvalue weighted by atomic mass is 35.5. The molecule has 0 saturated carbocycles. The molecule has 0 spiro atoms. The van der Waals surface area contributed by atoms with E-state index in [0.717, 1.165) is 0 Å². The van der Waals surface area contributed by atoms with Gasteiger partial charge >= 0.3 is 0 Å². The van der Waals surface area contributed by atoms with Gasteiger partial charge in [0.15, 0.2) is 10.9 Å². The molecular weight excluding hydrogens is 378 g/mol. The fourth-order valence-electron chi connectivity index (χ4n) is 2.43. The summed E-state index contributed by atoms with van der Waals surface area (Å²) in [6.45, 7) is 2.13. The first kappa shape index (κ1) is 18.4.